The van der Waals surface area contributed by atoms with E-state index < -0.39 is 0 Å². The molecule has 0 bridgehead atoms. The van der Waals surface area contributed by atoms with Crippen molar-refractivity contribution in [2.45, 2.75) is 0 Å². The average molecular weight is 119 g/mol. The fourth-order valence-corrected chi connectivity index (χ4v) is 0.815. The Kier molecular flexibility index (Phi) is 0.803. The fraction of sp³-hybridized carbons (Fsp3) is 0. The van der Waals surface area contributed by atoms with E-state index in [9.17, 15) is 0 Å². The molecule has 2 aliphatic rings. The second kappa shape index (κ2) is 1.58. The molecule has 0 unspecified atom stereocenters. The van der Waals surface area contributed by atoms with E-state index in [2.05, 4.69) is 4.98 Å². The monoisotopic (exact) mass is 119 g/mol. The highest BCUT2D eigenvalue weighted by atomic mass is 16.3. The number of fused-ring (bicyclic) bond motifs is 1. The first kappa shape index (κ1) is 4.56. The molecule has 0 N–H and O–H groups in total. The van der Waals surface area contributed by atoms with Crippen molar-refractivity contribution in [1.82, 2.24) is 4.98 Å². The Morgan fingerprint density at radius 1 is 1.33 bits per heavy atom. The molecule has 44 valence electrons. The quantitative estimate of drug-likeness (QED) is 0.528. The van der Waals surface area contributed by atoms with Gasteiger partial charge in [-0.3, -0.25) is 0 Å². The van der Waals surface area contributed by atoms with Gasteiger partial charge in [0.05, 0.1) is 6.20 Å². The maximum absolute atomic E-state index is 5.09. The topological polar surface area (TPSA) is 26.0 Å². The Labute approximate surface area is 52.5 Å². The Morgan fingerprint density at radius 2 is 2.33 bits per heavy atom. The Morgan fingerprint density at radius 3 is 3.22 bits per heavy atom. The number of aromatic nitrogens is 1. The van der Waals surface area contributed by atoms with Crippen molar-refractivity contribution < 1.29 is 4.42 Å². The standard InChI is InChI=1S/C7H5NO/c1-2-6-7(3-1)9-5-4-8-6/h1-5H. The molecule has 0 atom stereocenters. The molecule has 1 aliphatic heterocycles. The Hall–Kier alpha value is -1.31. The molecule has 1 heterocycles. The van der Waals surface area contributed by atoms with Crippen molar-refractivity contribution >= 4 is 0 Å². The summed E-state index contributed by atoms with van der Waals surface area (Å²) in [5, 5.41) is 0. The molecule has 9 heavy (non-hydrogen) atoms. The van der Waals surface area contributed by atoms with Crippen molar-refractivity contribution in [3.63, 3.8) is 0 Å². The van der Waals surface area contributed by atoms with Crippen LogP contribution >= 0.6 is 0 Å². The molecule has 0 amide bonds. The van der Waals surface area contributed by atoms with Crippen molar-refractivity contribution in [2.75, 3.05) is 0 Å². The van der Waals surface area contributed by atoms with Crippen LogP contribution in [0.1, 0.15) is 0 Å². The molecule has 1 aliphatic carbocycles. The van der Waals surface area contributed by atoms with Gasteiger partial charge in [-0.25, -0.2) is 4.98 Å². The summed E-state index contributed by atoms with van der Waals surface area (Å²) in [6.45, 7) is 0. The zero-order valence-electron chi connectivity index (χ0n) is 4.74. The molecular weight excluding hydrogens is 114 g/mol. The minimum absolute atomic E-state index is 0.845. The summed E-state index contributed by atoms with van der Waals surface area (Å²) < 4.78 is 5.09. The Balaban J connectivity index is 2.79. The number of nitrogens with zero attached hydrogens (tertiary/aromatic N) is 1. The van der Waals surface area contributed by atoms with Crippen LogP contribution in [0.15, 0.2) is 35.1 Å². The molecule has 0 saturated heterocycles. The van der Waals surface area contributed by atoms with Crippen LogP contribution in [0, 0.1) is 0 Å². The number of rotatable bonds is 0. The van der Waals surface area contributed by atoms with Crippen molar-refractivity contribution in [3.05, 3.63) is 30.7 Å². The Bertz CT molecular complexity index is 249. The fourth-order valence-electron chi connectivity index (χ4n) is 0.815. The third kappa shape index (κ3) is 0.598. The zero-order valence-corrected chi connectivity index (χ0v) is 4.74. The molecule has 0 aromatic heterocycles. The molecular formula is C7H5NO. The summed E-state index contributed by atoms with van der Waals surface area (Å²) in [5.74, 6) is 0.845. The minimum Gasteiger partial charge on any atom is -0.461 e. The summed E-state index contributed by atoms with van der Waals surface area (Å²) in [7, 11) is 0. The summed E-state index contributed by atoms with van der Waals surface area (Å²) in [4.78, 5) is 4.05. The molecule has 0 aromatic carbocycles. The minimum atomic E-state index is 0.845. The van der Waals surface area contributed by atoms with E-state index in [1.165, 1.54) is 0 Å². The van der Waals surface area contributed by atoms with Gasteiger partial charge in [0.25, 0.3) is 0 Å². The normalized spacial score (nSPS) is 10.2. The third-order valence-corrected chi connectivity index (χ3v) is 1.22. The van der Waals surface area contributed by atoms with Crippen LogP contribution in [0.25, 0.3) is 11.5 Å². The van der Waals surface area contributed by atoms with Crippen molar-refractivity contribution in [3.8, 4) is 11.5 Å². The molecule has 2 rings (SSSR count). The highest BCUT2D eigenvalue weighted by Crippen LogP contribution is 2.17. The van der Waals surface area contributed by atoms with Crippen LogP contribution in [0.5, 0.6) is 0 Å². The molecule has 2 heteroatoms. The van der Waals surface area contributed by atoms with E-state index in [-0.39, 0.29) is 0 Å². The van der Waals surface area contributed by atoms with Crippen LogP contribution in [0.3, 0.4) is 0 Å². The number of hydrogen-bond donors (Lipinski definition) is 0. The smallest absolute Gasteiger partial charge is 0.152 e. The van der Waals surface area contributed by atoms with Crippen LogP contribution in [0.4, 0.5) is 0 Å². The highest BCUT2D eigenvalue weighted by molar-refractivity contribution is 5.53. The van der Waals surface area contributed by atoms with E-state index in [1.54, 1.807) is 12.5 Å². The van der Waals surface area contributed by atoms with E-state index in [1.807, 2.05) is 18.2 Å². The lowest BCUT2D eigenvalue weighted by Gasteiger charge is -1.91. The van der Waals surface area contributed by atoms with E-state index in [4.69, 9.17) is 4.42 Å². The predicted octanol–water partition coefficient (Wildman–Crippen LogP) is 1.78. The third-order valence-electron chi connectivity index (χ3n) is 1.22. The summed E-state index contributed by atoms with van der Waals surface area (Å²) >= 11 is 0. The zero-order chi connectivity index (χ0) is 6.10. The summed E-state index contributed by atoms with van der Waals surface area (Å²) in [6.07, 6.45) is 3.21. The van der Waals surface area contributed by atoms with Gasteiger partial charge in [0.2, 0.25) is 0 Å². The van der Waals surface area contributed by atoms with Gasteiger partial charge in [-0.15, -0.1) is 0 Å². The average Bonchev–Trinajstić information content (AvgIpc) is 2.33. The van der Waals surface area contributed by atoms with E-state index >= 15 is 0 Å². The van der Waals surface area contributed by atoms with Crippen LogP contribution in [0.2, 0.25) is 0 Å². The summed E-state index contributed by atoms with van der Waals surface area (Å²) in [5.41, 5.74) is 0.914. The first-order valence-electron chi connectivity index (χ1n) is 2.75. The van der Waals surface area contributed by atoms with Gasteiger partial charge < -0.3 is 4.42 Å². The van der Waals surface area contributed by atoms with Gasteiger partial charge >= 0.3 is 0 Å². The maximum atomic E-state index is 5.09. The molecule has 2 nitrogen and oxygen atoms in total. The van der Waals surface area contributed by atoms with Crippen LogP contribution < -0.4 is 0 Å². The first-order valence-corrected chi connectivity index (χ1v) is 2.75. The van der Waals surface area contributed by atoms with Gasteiger partial charge in [0.1, 0.15) is 12.0 Å². The van der Waals surface area contributed by atoms with E-state index in [0.29, 0.717) is 0 Å². The second-order valence-electron chi connectivity index (χ2n) is 1.81. The van der Waals surface area contributed by atoms with E-state index in [0.717, 1.165) is 11.5 Å². The van der Waals surface area contributed by atoms with Gasteiger partial charge in [-0.1, -0.05) is 6.07 Å². The largest absolute Gasteiger partial charge is 0.461 e. The van der Waals surface area contributed by atoms with Gasteiger partial charge in [-0.2, -0.15) is 0 Å². The molecule has 0 fully saturated rings. The van der Waals surface area contributed by atoms with Gasteiger partial charge in [0, 0.05) is 0 Å². The predicted molar refractivity (Wildman–Crippen MR) is 33.1 cm³/mol. The van der Waals surface area contributed by atoms with Crippen LogP contribution in [-0.4, -0.2) is 4.98 Å². The van der Waals surface area contributed by atoms with Crippen molar-refractivity contribution in [2.24, 2.45) is 0 Å². The first-order chi connectivity index (χ1) is 4.47. The number of hydrogen-bond acceptors (Lipinski definition) is 2. The summed E-state index contributed by atoms with van der Waals surface area (Å²) in [6, 6.07) is 5.72. The second-order valence-corrected chi connectivity index (χ2v) is 1.81. The maximum Gasteiger partial charge on any atom is 0.152 e. The lowest BCUT2D eigenvalue weighted by atomic mass is 10.4. The van der Waals surface area contributed by atoms with Crippen molar-refractivity contribution in [1.29, 1.82) is 0 Å². The van der Waals surface area contributed by atoms with Gasteiger partial charge in [-0.05, 0) is 12.1 Å². The van der Waals surface area contributed by atoms with Gasteiger partial charge in [0.15, 0.2) is 5.76 Å². The molecule has 0 saturated carbocycles. The lowest BCUT2D eigenvalue weighted by molar-refractivity contribution is 0.559. The molecule has 0 spiro atoms. The SMILES string of the molecule is c1cc2nccoc-2c1. The van der Waals surface area contributed by atoms with Crippen LogP contribution in [-0.2, 0) is 0 Å². The highest BCUT2D eigenvalue weighted by Gasteiger charge is 2.00. The lowest BCUT2D eigenvalue weighted by Crippen LogP contribution is -1.75. The molecule has 0 radical (unpaired) electrons. The molecule has 0 aromatic rings.